The van der Waals surface area contributed by atoms with E-state index in [4.69, 9.17) is 4.42 Å². The molecule has 2 rings (SSSR count). The number of carbonyl (C=O) groups is 1. The molecule has 0 aliphatic carbocycles. The van der Waals surface area contributed by atoms with Crippen molar-refractivity contribution in [1.29, 1.82) is 0 Å². The van der Waals surface area contributed by atoms with Gasteiger partial charge in [0.15, 0.2) is 0 Å². The Kier molecular flexibility index (Phi) is 5.79. The fourth-order valence-electron chi connectivity index (χ4n) is 2.25. The zero-order valence-electron chi connectivity index (χ0n) is 11.4. The summed E-state index contributed by atoms with van der Waals surface area (Å²) in [6, 6.07) is 3.93. The fourth-order valence-corrected chi connectivity index (χ4v) is 3.29. The van der Waals surface area contributed by atoms with Gasteiger partial charge in [-0.3, -0.25) is 4.79 Å². The zero-order valence-corrected chi connectivity index (χ0v) is 12.2. The van der Waals surface area contributed by atoms with Gasteiger partial charge in [0.1, 0.15) is 5.76 Å². The van der Waals surface area contributed by atoms with E-state index in [1.165, 1.54) is 12.8 Å². The maximum Gasteiger partial charge on any atom is 0.230 e. The van der Waals surface area contributed by atoms with Crippen LogP contribution in [0.15, 0.2) is 22.8 Å². The maximum atomic E-state index is 11.8. The van der Waals surface area contributed by atoms with E-state index in [0.29, 0.717) is 11.0 Å². The van der Waals surface area contributed by atoms with Gasteiger partial charge in [-0.2, -0.15) is 0 Å². The fraction of sp³-hybridized carbons (Fsp3) is 0.643. The molecule has 0 bridgehead atoms. The maximum absolute atomic E-state index is 11.8. The normalized spacial score (nSPS) is 18.2. The smallest absolute Gasteiger partial charge is 0.230 e. The molecule has 4 nitrogen and oxygen atoms in total. The van der Waals surface area contributed by atoms with E-state index < -0.39 is 0 Å². The van der Waals surface area contributed by atoms with E-state index in [1.807, 2.05) is 19.1 Å². The highest BCUT2D eigenvalue weighted by molar-refractivity contribution is 8.00. The summed E-state index contributed by atoms with van der Waals surface area (Å²) in [5.41, 5.74) is 0. The molecule has 0 saturated carbocycles. The van der Waals surface area contributed by atoms with Gasteiger partial charge in [-0.1, -0.05) is 0 Å². The van der Waals surface area contributed by atoms with Crippen molar-refractivity contribution < 1.29 is 9.21 Å². The topological polar surface area (TPSA) is 54.3 Å². The Bertz CT molecular complexity index is 375. The summed E-state index contributed by atoms with van der Waals surface area (Å²) in [6.07, 6.45) is 4.74. The molecule has 1 amide bonds. The Labute approximate surface area is 118 Å². The van der Waals surface area contributed by atoms with Crippen LogP contribution in [0.5, 0.6) is 0 Å². The quantitative estimate of drug-likeness (QED) is 0.835. The number of rotatable bonds is 6. The van der Waals surface area contributed by atoms with Crippen LogP contribution in [0.25, 0.3) is 0 Å². The van der Waals surface area contributed by atoms with Crippen LogP contribution >= 0.6 is 11.8 Å². The summed E-state index contributed by atoms with van der Waals surface area (Å²) < 4.78 is 5.28. The Morgan fingerprint density at radius 3 is 3.05 bits per heavy atom. The molecule has 19 heavy (non-hydrogen) atoms. The van der Waals surface area contributed by atoms with E-state index >= 15 is 0 Å². The number of thioether (sulfide) groups is 1. The summed E-state index contributed by atoms with van der Waals surface area (Å²) in [7, 11) is 0. The number of nitrogens with one attached hydrogen (secondary N) is 2. The van der Waals surface area contributed by atoms with Crippen molar-refractivity contribution >= 4 is 17.7 Å². The van der Waals surface area contributed by atoms with Crippen LogP contribution in [0.1, 0.15) is 25.5 Å². The van der Waals surface area contributed by atoms with Crippen LogP contribution in [0, 0.1) is 0 Å². The molecule has 1 aromatic heterocycles. The third kappa shape index (κ3) is 5.28. The van der Waals surface area contributed by atoms with Crippen molar-refractivity contribution in [3.05, 3.63) is 24.2 Å². The van der Waals surface area contributed by atoms with Gasteiger partial charge in [-0.05, 0) is 45.0 Å². The first-order chi connectivity index (χ1) is 9.24. The average Bonchev–Trinajstić information content (AvgIpc) is 2.90. The molecule has 0 aromatic carbocycles. The van der Waals surface area contributed by atoms with Gasteiger partial charge in [0.05, 0.1) is 12.0 Å². The highest BCUT2D eigenvalue weighted by atomic mass is 32.2. The average molecular weight is 282 g/mol. The van der Waals surface area contributed by atoms with Gasteiger partial charge in [0.2, 0.25) is 5.91 Å². The number of piperidine rings is 1. The number of hydrogen-bond donors (Lipinski definition) is 2. The van der Waals surface area contributed by atoms with Crippen molar-refractivity contribution in [3.8, 4) is 0 Å². The number of carbonyl (C=O) groups excluding carboxylic acids is 1. The lowest BCUT2D eigenvalue weighted by Crippen LogP contribution is -2.36. The van der Waals surface area contributed by atoms with Crippen molar-refractivity contribution in [2.45, 2.75) is 37.5 Å². The molecule has 1 aliphatic rings. The highest BCUT2D eigenvalue weighted by Gasteiger charge is 2.16. The molecule has 0 radical (unpaired) electrons. The summed E-state index contributed by atoms with van der Waals surface area (Å²) >= 11 is 1.78. The minimum Gasteiger partial charge on any atom is -0.469 e. The Balaban J connectivity index is 1.63. The summed E-state index contributed by atoms with van der Waals surface area (Å²) in [4.78, 5) is 11.8. The largest absolute Gasteiger partial charge is 0.469 e. The molecule has 2 heterocycles. The third-order valence-electron chi connectivity index (χ3n) is 3.23. The SMILES string of the molecule is CC(Cc1ccco1)NC(=O)CSC1CCNCC1. The molecule has 1 aromatic rings. The molecule has 2 N–H and O–H groups in total. The van der Waals surface area contributed by atoms with Gasteiger partial charge < -0.3 is 15.1 Å². The monoisotopic (exact) mass is 282 g/mol. The predicted octanol–water partition coefficient (Wildman–Crippen LogP) is 1.81. The lowest BCUT2D eigenvalue weighted by atomic mass is 10.2. The molecule has 1 aliphatic heterocycles. The van der Waals surface area contributed by atoms with Gasteiger partial charge in [-0.25, -0.2) is 0 Å². The number of furan rings is 1. The second-order valence-corrected chi connectivity index (χ2v) is 6.30. The standard InChI is InChI=1S/C14H22N2O2S/c1-11(9-12-3-2-8-18-12)16-14(17)10-19-13-4-6-15-7-5-13/h2-3,8,11,13,15H,4-7,9-10H2,1H3,(H,16,17). The van der Waals surface area contributed by atoms with Crippen molar-refractivity contribution in [2.75, 3.05) is 18.8 Å². The molecule has 0 spiro atoms. The van der Waals surface area contributed by atoms with Crippen molar-refractivity contribution in [3.63, 3.8) is 0 Å². The van der Waals surface area contributed by atoms with E-state index in [0.717, 1.165) is 25.3 Å². The lowest BCUT2D eigenvalue weighted by Gasteiger charge is -2.22. The molecule has 1 saturated heterocycles. The molecule has 106 valence electrons. The third-order valence-corrected chi connectivity index (χ3v) is 4.60. The Morgan fingerprint density at radius 2 is 2.37 bits per heavy atom. The van der Waals surface area contributed by atoms with Crippen LogP contribution in [-0.4, -0.2) is 36.0 Å². The van der Waals surface area contributed by atoms with Crippen LogP contribution < -0.4 is 10.6 Å². The van der Waals surface area contributed by atoms with E-state index in [9.17, 15) is 4.79 Å². The van der Waals surface area contributed by atoms with E-state index in [-0.39, 0.29) is 11.9 Å². The van der Waals surface area contributed by atoms with Gasteiger partial charge in [0, 0.05) is 17.7 Å². The van der Waals surface area contributed by atoms with Gasteiger partial charge >= 0.3 is 0 Å². The number of amides is 1. The van der Waals surface area contributed by atoms with Crippen LogP contribution in [0.4, 0.5) is 0 Å². The van der Waals surface area contributed by atoms with E-state index in [2.05, 4.69) is 10.6 Å². The van der Waals surface area contributed by atoms with Crippen LogP contribution in [0.3, 0.4) is 0 Å². The molecular formula is C14H22N2O2S. The number of hydrogen-bond acceptors (Lipinski definition) is 4. The van der Waals surface area contributed by atoms with Crippen LogP contribution in [0.2, 0.25) is 0 Å². The lowest BCUT2D eigenvalue weighted by molar-refractivity contribution is -0.119. The molecule has 5 heteroatoms. The minimum absolute atomic E-state index is 0.118. The van der Waals surface area contributed by atoms with Gasteiger partial charge in [0.25, 0.3) is 0 Å². The minimum atomic E-state index is 0.118. The Hall–Kier alpha value is -0.940. The summed E-state index contributed by atoms with van der Waals surface area (Å²) in [5, 5.41) is 6.99. The first-order valence-electron chi connectivity index (χ1n) is 6.88. The summed E-state index contributed by atoms with van der Waals surface area (Å²) in [6.45, 7) is 4.16. The molecule has 1 unspecified atom stereocenters. The second kappa shape index (κ2) is 7.60. The first-order valence-corrected chi connectivity index (χ1v) is 7.93. The predicted molar refractivity (Wildman–Crippen MR) is 78.4 cm³/mol. The van der Waals surface area contributed by atoms with Crippen LogP contribution in [-0.2, 0) is 11.2 Å². The van der Waals surface area contributed by atoms with Crippen molar-refractivity contribution in [2.24, 2.45) is 0 Å². The zero-order chi connectivity index (χ0) is 13.5. The van der Waals surface area contributed by atoms with Gasteiger partial charge in [-0.15, -0.1) is 11.8 Å². The summed E-state index contributed by atoms with van der Waals surface area (Å²) in [5.74, 6) is 1.61. The molecule has 1 atom stereocenters. The van der Waals surface area contributed by atoms with E-state index in [1.54, 1.807) is 18.0 Å². The molecular weight excluding hydrogens is 260 g/mol. The molecule has 1 fully saturated rings. The Morgan fingerprint density at radius 1 is 1.58 bits per heavy atom. The second-order valence-electron chi connectivity index (χ2n) is 5.01. The highest BCUT2D eigenvalue weighted by Crippen LogP contribution is 2.19. The first kappa shape index (κ1) is 14.5. The van der Waals surface area contributed by atoms with Crippen molar-refractivity contribution in [1.82, 2.24) is 10.6 Å².